The van der Waals surface area contributed by atoms with E-state index in [1.807, 2.05) is 12.3 Å². The summed E-state index contributed by atoms with van der Waals surface area (Å²) in [5.74, 6) is 0. The van der Waals surface area contributed by atoms with Gasteiger partial charge in [-0.2, -0.15) is 0 Å². The molecule has 0 saturated heterocycles. The highest BCUT2D eigenvalue weighted by atomic mass is 15.0. The van der Waals surface area contributed by atoms with Crippen LogP contribution in [0.5, 0.6) is 0 Å². The van der Waals surface area contributed by atoms with Gasteiger partial charge in [0.2, 0.25) is 0 Å². The number of hydrogen-bond donors (Lipinski definition) is 0. The van der Waals surface area contributed by atoms with Gasteiger partial charge < -0.3 is 9.13 Å². The quantitative estimate of drug-likeness (QED) is 0.166. The van der Waals surface area contributed by atoms with Crippen LogP contribution in [-0.4, -0.2) is 19.1 Å². The molecular formula is C62H40N4. The maximum absolute atomic E-state index is 5.22. The maximum atomic E-state index is 5.22. The molecule has 4 nitrogen and oxygen atoms in total. The van der Waals surface area contributed by atoms with Crippen molar-refractivity contribution in [3.8, 4) is 33.8 Å². The van der Waals surface area contributed by atoms with Crippen molar-refractivity contribution in [1.29, 1.82) is 0 Å². The molecule has 66 heavy (non-hydrogen) atoms. The van der Waals surface area contributed by atoms with E-state index in [4.69, 9.17) is 9.97 Å². The van der Waals surface area contributed by atoms with Crippen LogP contribution in [0.25, 0.3) is 131 Å². The molecule has 308 valence electrons. The second kappa shape index (κ2) is 13.9. The molecule has 0 atom stereocenters. The van der Waals surface area contributed by atoms with Crippen molar-refractivity contribution in [2.24, 2.45) is 0 Å². The first-order valence-electron chi connectivity index (χ1n) is 22.7. The third-order valence-electron chi connectivity index (χ3n) is 14.1. The number of hydrogen-bond acceptors (Lipinski definition) is 2. The molecule has 10 aromatic carbocycles. The van der Waals surface area contributed by atoms with E-state index in [1.165, 1.54) is 98.2 Å². The number of nitrogens with zero attached hydrogens (tertiary/aromatic N) is 4. The standard InChI is InChI=1S/C62H40N4/c1-37-32-50(56-28-25-40-23-22-39-13-12-30-63-61(39)62(40)64-56)38(2)31-49(37)41-24-27-46-51(33-41)44-16-6-7-17-45(44)52-35-55-48-19-9-11-21-58(48)66(60(55)36-53(46)52)43-26-29-59-54(34-43)47-18-8-10-20-57(47)65(59)42-14-4-3-5-15-42/h3-36H,1-2H3. The van der Waals surface area contributed by atoms with E-state index in [9.17, 15) is 0 Å². The number of rotatable bonds is 4. The smallest absolute Gasteiger partial charge is 0.0972 e. The summed E-state index contributed by atoms with van der Waals surface area (Å²) in [4.78, 5) is 9.93. The van der Waals surface area contributed by atoms with Crippen LogP contribution in [0.3, 0.4) is 0 Å². The van der Waals surface area contributed by atoms with Crippen LogP contribution in [0.4, 0.5) is 0 Å². The van der Waals surface area contributed by atoms with Gasteiger partial charge in [-0.1, -0.05) is 121 Å². The summed E-state index contributed by atoms with van der Waals surface area (Å²) in [7, 11) is 0. The van der Waals surface area contributed by atoms with Gasteiger partial charge in [0, 0.05) is 55.5 Å². The van der Waals surface area contributed by atoms with E-state index < -0.39 is 0 Å². The Bertz CT molecular complexity index is 4360. The molecule has 4 aromatic heterocycles. The summed E-state index contributed by atoms with van der Waals surface area (Å²) >= 11 is 0. The molecule has 4 heteroatoms. The number of aryl methyl sites for hydroxylation is 2. The lowest BCUT2D eigenvalue weighted by Gasteiger charge is -2.16. The van der Waals surface area contributed by atoms with Crippen molar-refractivity contribution in [3.05, 3.63) is 218 Å². The Hall–Kier alpha value is -8.60. The van der Waals surface area contributed by atoms with Crippen molar-refractivity contribution >= 4 is 97.7 Å². The summed E-state index contributed by atoms with van der Waals surface area (Å²) < 4.78 is 4.86. The number of aromatic nitrogens is 4. The zero-order valence-electron chi connectivity index (χ0n) is 36.4. The summed E-state index contributed by atoms with van der Waals surface area (Å²) in [5, 5.41) is 14.7. The van der Waals surface area contributed by atoms with Gasteiger partial charge in [-0.05, 0) is 147 Å². The van der Waals surface area contributed by atoms with E-state index in [2.05, 4.69) is 217 Å². The van der Waals surface area contributed by atoms with Crippen molar-refractivity contribution in [3.63, 3.8) is 0 Å². The van der Waals surface area contributed by atoms with Crippen LogP contribution in [0.2, 0.25) is 0 Å². The Labute approximate surface area is 380 Å². The fraction of sp³-hybridized carbons (Fsp3) is 0.0323. The molecule has 0 aliphatic carbocycles. The molecule has 0 unspecified atom stereocenters. The first kappa shape index (κ1) is 36.8. The summed E-state index contributed by atoms with van der Waals surface area (Å²) in [5.41, 5.74) is 15.9. The van der Waals surface area contributed by atoms with Gasteiger partial charge in [0.15, 0.2) is 0 Å². The Morgan fingerprint density at radius 3 is 1.68 bits per heavy atom. The van der Waals surface area contributed by atoms with E-state index in [-0.39, 0.29) is 0 Å². The van der Waals surface area contributed by atoms with Crippen LogP contribution in [0.15, 0.2) is 206 Å². The Morgan fingerprint density at radius 2 is 0.909 bits per heavy atom. The normalized spacial score (nSPS) is 12.1. The average Bonchev–Trinajstić information content (AvgIpc) is 3.88. The van der Waals surface area contributed by atoms with E-state index in [0.717, 1.165) is 44.4 Å². The fourth-order valence-electron chi connectivity index (χ4n) is 11.1. The predicted molar refractivity (Wildman–Crippen MR) is 279 cm³/mol. The van der Waals surface area contributed by atoms with Crippen molar-refractivity contribution in [2.45, 2.75) is 13.8 Å². The summed E-state index contributed by atoms with van der Waals surface area (Å²) in [6.07, 6.45) is 1.85. The molecule has 14 aromatic rings. The van der Waals surface area contributed by atoms with Crippen LogP contribution in [0, 0.1) is 13.8 Å². The summed E-state index contributed by atoms with van der Waals surface area (Å²) in [6, 6.07) is 73.6. The maximum Gasteiger partial charge on any atom is 0.0972 e. The summed E-state index contributed by atoms with van der Waals surface area (Å²) in [6.45, 7) is 4.43. The topological polar surface area (TPSA) is 35.6 Å². The van der Waals surface area contributed by atoms with Gasteiger partial charge in [-0.3, -0.25) is 4.98 Å². The van der Waals surface area contributed by atoms with Gasteiger partial charge in [-0.15, -0.1) is 0 Å². The van der Waals surface area contributed by atoms with Crippen molar-refractivity contribution < 1.29 is 0 Å². The van der Waals surface area contributed by atoms with Gasteiger partial charge in [0.1, 0.15) is 0 Å². The lowest BCUT2D eigenvalue weighted by molar-refractivity contribution is 1.17. The number of fused-ring (bicyclic) bond motifs is 15. The number of benzene rings is 10. The SMILES string of the molecule is Cc1cc(-c2ccc3ccc4cccnc4c3n2)c(C)cc1-c1ccc2c(c1)c1ccccc1c1cc3c4ccccc4n(-c4ccc5c(c4)c4ccccc4n5-c4ccccc4)c3cc21. The third kappa shape index (κ3) is 5.33. The molecule has 0 amide bonds. The van der Waals surface area contributed by atoms with E-state index in [1.54, 1.807) is 0 Å². The Morgan fingerprint density at radius 1 is 0.333 bits per heavy atom. The molecule has 0 N–H and O–H groups in total. The van der Waals surface area contributed by atoms with Gasteiger partial charge in [-0.25, -0.2) is 4.98 Å². The molecule has 0 aliphatic heterocycles. The second-order valence-corrected chi connectivity index (χ2v) is 17.9. The first-order valence-corrected chi connectivity index (χ1v) is 22.7. The molecule has 0 saturated carbocycles. The molecule has 0 bridgehead atoms. The Kier molecular flexibility index (Phi) is 7.79. The third-order valence-corrected chi connectivity index (χ3v) is 14.1. The van der Waals surface area contributed by atoms with Crippen molar-refractivity contribution in [1.82, 2.24) is 19.1 Å². The van der Waals surface area contributed by atoms with E-state index >= 15 is 0 Å². The lowest BCUT2D eigenvalue weighted by atomic mass is 9.89. The fourth-order valence-corrected chi connectivity index (χ4v) is 11.1. The number of pyridine rings is 2. The van der Waals surface area contributed by atoms with Gasteiger partial charge >= 0.3 is 0 Å². The molecule has 0 aliphatic rings. The van der Waals surface area contributed by atoms with Crippen LogP contribution >= 0.6 is 0 Å². The number of para-hydroxylation sites is 3. The highest BCUT2D eigenvalue weighted by molar-refractivity contribution is 6.29. The molecule has 14 rings (SSSR count). The Balaban J connectivity index is 0.958. The van der Waals surface area contributed by atoms with Crippen LogP contribution in [-0.2, 0) is 0 Å². The lowest BCUT2D eigenvalue weighted by Crippen LogP contribution is -1.96. The largest absolute Gasteiger partial charge is 0.309 e. The highest BCUT2D eigenvalue weighted by Crippen LogP contribution is 2.44. The van der Waals surface area contributed by atoms with Gasteiger partial charge in [0.05, 0.1) is 38.8 Å². The predicted octanol–water partition coefficient (Wildman–Crippen LogP) is 16.4. The molecule has 0 radical (unpaired) electrons. The van der Waals surface area contributed by atoms with E-state index in [0.29, 0.717) is 0 Å². The zero-order valence-corrected chi connectivity index (χ0v) is 36.4. The second-order valence-electron chi connectivity index (χ2n) is 17.9. The average molecular weight is 841 g/mol. The molecule has 0 spiro atoms. The van der Waals surface area contributed by atoms with Crippen LogP contribution in [0.1, 0.15) is 11.1 Å². The minimum absolute atomic E-state index is 0.936. The monoisotopic (exact) mass is 840 g/mol. The zero-order chi connectivity index (χ0) is 43.6. The minimum atomic E-state index is 0.936. The molecule has 0 fully saturated rings. The van der Waals surface area contributed by atoms with Gasteiger partial charge in [0.25, 0.3) is 0 Å². The molecule has 4 heterocycles. The first-order chi connectivity index (χ1) is 32.6. The van der Waals surface area contributed by atoms with Crippen LogP contribution < -0.4 is 0 Å². The highest BCUT2D eigenvalue weighted by Gasteiger charge is 2.20. The molecular weight excluding hydrogens is 801 g/mol. The minimum Gasteiger partial charge on any atom is -0.309 e. The van der Waals surface area contributed by atoms with Crippen molar-refractivity contribution in [2.75, 3.05) is 0 Å².